The Kier molecular flexibility index (Phi) is 7.19. The van der Waals surface area contributed by atoms with Crippen molar-refractivity contribution in [1.82, 2.24) is 4.90 Å². The van der Waals surface area contributed by atoms with Crippen LogP contribution >= 0.6 is 24.0 Å². The van der Waals surface area contributed by atoms with Gasteiger partial charge in [0.15, 0.2) is 11.5 Å². The molecule has 0 aromatic heterocycles. The fourth-order valence-electron chi connectivity index (χ4n) is 3.28. The third-order valence-corrected chi connectivity index (χ3v) is 6.00. The number of nitrogens with zero attached hydrogens (tertiary/aromatic N) is 1. The van der Waals surface area contributed by atoms with Gasteiger partial charge in [0, 0.05) is 0 Å². The van der Waals surface area contributed by atoms with Gasteiger partial charge in [-0.3, -0.25) is 14.5 Å². The van der Waals surface area contributed by atoms with Crippen molar-refractivity contribution < 1.29 is 28.9 Å². The summed E-state index contributed by atoms with van der Waals surface area (Å²) in [6.45, 7) is 0. The molecule has 1 heterocycles. The molecule has 2 aromatic rings. The summed E-state index contributed by atoms with van der Waals surface area (Å²) in [7, 11) is 4.53. The highest BCUT2D eigenvalue weighted by Gasteiger charge is 2.38. The summed E-state index contributed by atoms with van der Waals surface area (Å²) < 4.78 is 16.4. The second-order valence-electron chi connectivity index (χ2n) is 6.53. The summed E-state index contributed by atoms with van der Waals surface area (Å²) in [5.41, 5.74) is 1.36. The number of carboxylic acid groups (broad SMARTS) is 1. The van der Waals surface area contributed by atoms with Gasteiger partial charge >= 0.3 is 5.97 Å². The van der Waals surface area contributed by atoms with Crippen molar-refractivity contribution in [1.29, 1.82) is 0 Å². The quantitative estimate of drug-likeness (QED) is 0.466. The minimum atomic E-state index is -1.02. The number of hydrogen-bond donors (Lipinski definition) is 1. The molecule has 2 aromatic carbocycles. The number of methoxy groups -OCH3 is 3. The molecule has 1 aliphatic heterocycles. The number of thioether (sulfide) groups is 1. The Morgan fingerprint density at radius 2 is 1.74 bits per heavy atom. The van der Waals surface area contributed by atoms with Crippen LogP contribution in [0.2, 0.25) is 0 Å². The maximum atomic E-state index is 13.2. The van der Waals surface area contributed by atoms with Crippen molar-refractivity contribution in [3.63, 3.8) is 0 Å². The summed E-state index contributed by atoms with van der Waals surface area (Å²) in [5, 5.41) is 9.40. The maximum absolute atomic E-state index is 13.2. The first-order chi connectivity index (χ1) is 14.9. The van der Waals surface area contributed by atoms with E-state index in [0.29, 0.717) is 37.6 Å². The topological polar surface area (TPSA) is 85.3 Å². The van der Waals surface area contributed by atoms with E-state index in [0.717, 1.165) is 11.8 Å². The molecular formula is C22H21NO6S2. The van der Waals surface area contributed by atoms with Crippen LogP contribution in [0.25, 0.3) is 6.08 Å². The Hall–Kier alpha value is -3.04. The molecule has 0 aliphatic carbocycles. The van der Waals surface area contributed by atoms with Gasteiger partial charge in [-0.2, -0.15) is 0 Å². The first kappa shape index (κ1) is 22.6. The lowest BCUT2D eigenvalue weighted by atomic mass is 10.0. The number of benzene rings is 2. The van der Waals surface area contributed by atoms with Crippen LogP contribution in [0.1, 0.15) is 23.6 Å². The number of hydrogen-bond acceptors (Lipinski definition) is 7. The van der Waals surface area contributed by atoms with Gasteiger partial charge in [-0.15, -0.1) is 0 Å². The molecule has 1 aliphatic rings. The van der Waals surface area contributed by atoms with Gasteiger partial charge in [-0.25, -0.2) is 0 Å². The highest BCUT2D eigenvalue weighted by Crippen LogP contribution is 2.42. The lowest BCUT2D eigenvalue weighted by Gasteiger charge is -2.26. The molecule has 1 fully saturated rings. The van der Waals surface area contributed by atoms with Crippen LogP contribution in [-0.2, 0) is 9.59 Å². The predicted molar refractivity (Wildman–Crippen MR) is 123 cm³/mol. The summed E-state index contributed by atoms with van der Waals surface area (Å²) in [4.78, 5) is 26.5. The van der Waals surface area contributed by atoms with E-state index in [1.54, 1.807) is 42.5 Å². The van der Waals surface area contributed by atoms with Crippen molar-refractivity contribution in [2.75, 3.05) is 21.3 Å². The van der Waals surface area contributed by atoms with Crippen LogP contribution < -0.4 is 14.2 Å². The second kappa shape index (κ2) is 9.84. The van der Waals surface area contributed by atoms with E-state index in [4.69, 9.17) is 26.4 Å². The van der Waals surface area contributed by atoms with E-state index in [1.807, 2.05) is 6.07 Å². The van der Waals surface area contributed by atoms with Crippen molar-refractivity contribution >= 4 is 46.3 Å². The normalized spacial score (nSPS) is 15.8. The molecule has 31 heavy (non-hydrogen) atoms. The zero-order valence-electron chi connectivity index (χ0n) is 17.2. The molecule has 162 valence electrons. The number of carboxylic acids is 1. The van der Waals surface area contributed by atoms with Crippen LogP contribution in [0.3, 0.4) is 0 Å². The average Bonchev–Trinajstić information content (AvgIpc) is 3.04. The molecule has 0 saturated carbocycles. The molecular weight excluding hydrogens is 438 g/mol. The van der Waals surface area contributed by atoms with Gasteiger partial charge in [0.1, 0.15) is 4.32 Å². The third kappa shape index (κ3) is 4.83. The molecule has 0 bridgehead atoms. The van der Waals surface area contributed by atoms with E-state index in [2.05, 4.69) is 0 Å². The zero-order chi connectivity index (χ0) is 22.5. The number of aliphatic carboxylic acids is 1. The lowest BCUT2D eigenvalue weighted by Crippen LogP contribution is -2.34. The first-order valence-electron chi connectivity index (χ1n) is 9.23. The van der Waals surface area contributed by atoms with Crippen LogP contribution in [0.5, 0.6) is 17.2 Å². The van der Waals surface area contributed by atoms with E-state index < -0.39 is 12.0 Å². The van der Waals surface area contributed by atoms with Gasteiger partial charge < -0.3 is 19.3 Å². The fraction of sp³-hybridized carbons (Fsp3) is 0.227. The number of thiocarbonyl (C=S) groups is 1. The van der Waals surface area contributed by atoms with Crippen molar-refractivity contribution in [2.45, 2.75) is 12.5 Å². The maximum Gasteiger partial charge on any atom is 0.305 e. The summed E-state index contributed by atoms with van der Waals surface area (Å²) in [6, 6.07) is 11.7. The SMILES string of the molecule is COc1cc(/C=C2/SC(=S)N([C@@H](CC(=O)O)c3ccccc3)C2=O)cc(OC)c1OC. The Bertz CT molecular complexity index is 1010. The Morgan fingerprint density at radius 3 is 2.26 bits per heavy atom. The highest BCUT2D eigenvalue weighted by atomic mass is 32.2. The summed E-state index contributed by atoms with van der Waals surface area (Å²) in [6.07, 6.45) is 1.42. The molecule has 0 spiro atoms. The van der Waals surface area contributed by atoms with Gasteiger partial charge in [0.05, 0.1) is 38.7 Å². The van der Waals surface area contributed by atoms with Crippen molar-refractivity contribution in [2.24, 2.45) is 0 Å². The number of carbonyl (C=O) groups excluding carboxylic acids is 1. The molecule has 0 radical (unpaired) electrons. The minimum Gasteiger partial charge on any atom is -0.493 e. The second-order valence-corrected chi connectivity index (χ2v) is 8.21. The number of rotatable bonds is 8. The summed E-state index contributed by atoms with van der Waals surface area (Å²) in [5.74, 6) is -0.0103. The molecule has 7 nitrogen and oxygen atoms in total. The molecule has 1 N–H and O–H groups in total. The molecule has 1 atom stereocenters. The fourth-order valence-corrected chi connectivity index (χ4v) is 4.64. The minimum absolute atomic E-state index is 0.256. The van der Waals surface area contributed by atoms with Gasteiger partial charge in [-0.05, 0) is 29.3 Å². The standard InChI is InChI=1S/C22H21NO6S2/c1-27-16-9-13(10-17(28-2)20(16)29-3)11-18-21(26)23(22(30)31-18)15(12-19(24)25)14-7-5-4-6-8-14/h4-11,15H,12H2,1-3H3,(H,24,25)/b18-11+/t15-/m0/s1. The third-order valence-electron chi connectivity index (χ3n) is 4.67. The van der Waals surface area contributed by atoms with Crippen LogP contribution in [0.4, 0.5) is 0 Å². The molecule has 9 heteroatoms. The number of amides is 1. The molecule has 1 amide bonds. The average molecular weight is 460 g/mol. The van der Waals surface area contributed by atoms with Crippen molar-refractivity contribution in [3.8, 4) is 17.2 Å². The van der Waals surface area contributed by atoms with Crippen LogP contribution in [-0.4, -0.2) is 47.5 Å². The monoisotopic (exact) mass is 459 g/mol. The smallest absolute Gasteiger partial charge is 0.305 e. The van der Waals surface area contributed by atoms with E-state index in [1.165, 1.54) is 26.2 Å². The summed E-state index contributed by atoms with van der Waals surface area (Å²) >= 11 is 6.57. The highest BCUT2D eigenvalue weighted by molar-refractivity contribution is 8.26. The van der Waals surface area contributed by atoms with E-state index in [-0.39, 0.29) is 12.3 Å². The van der Waals surface area contributed by atoms with Gasteiger partial charge in [0.2, 0.25) is 5.75 Å². The molecule has 3 rings (SSSR count). The largest absolute Gasteiger partial charge is 0.493 e. The van der Waals surface area contributed by atoms with E-state index >= 15 is 0 Å². The lowest BCUT2D eigenvalue weighted by molar-refractivity contribution is -0.138. The number of ether oxygens (including phenoxy) is 3. The Morgan fingerprint density at radius 1 is 1.13 bits per heavy atom. The Balaban J connectivity index is 1.99. The van der Waals surface area contributed by atoms with Crippen LogP contribution in [0.15, 0.2) is 47.4 Å². The molecule has 1 saturated heterocycles. The van der Waals surface area contributed by atoms with Gasteiger partial charge in [0.25, 0.3) is 5.91 Å². The molecule has 0 unspecified atom stereocenters. The predicted octanol–water partition coefficient (Wildman–Crippen LogP) is 4.13. The van der Waals surface area contributed by atoms with Gasteiger partial charge in [-0.1, -0.05) is 54.3 Å². The van der Waals surface area contributed by atoms with E-state index in [9.17, 15) is 14.7 Å². The Labute approximate surface area is 189 Å². The van der Waals surface area contributed by atoms with Crippen LogP contribution in [0, 0.1) is 0 Å². The number of carbonyl (C=O) groups is 2. The first-order valence-corrected chi connectivity index (χ1v) is 10.5. The van der Waals surface area contributed by atoms with Crippen molar-refractivity contribution in [3.05, 3.63) is 58.5 Å². The zero-order valence-corrected chi connectivity index (χ0v) is 18.8.